The van der Waals surface area contributed by atoms with E-state index in [0.29, 0.717) is 12.5 Å². The third kappa shape index (κ3) is 4.07. The van der Waals surface area contributed by atoms with Gasteiger partial charge in [-0.3, -0.25) is 9.69 Å². The molecule has 2 heterocycles. The number of amides is 1. The second kappa shape index (κ2) is 9.29. The minimum absolute atomic E-state index is 0. The number of ether oxygens (including phenoxy) is 1. The third-order valence-corrected chi connectivity index (χ3v) is 6.44. The number of hydrogen-bond acceptors (Lipinski definition) is 4. The number of likely N-dealkylation sites (N-methyl/N-ethyl adjacent to an activating group) is 1. The van der Waals surface area contributed by atoms with Gasteiger partial charge >= 0.3 is 0 Å². The quantitative estimate of drug-likeness (QED) is 0.755. The first-order valence-corrected chi connectivity index (χ1v) is 10.2. The average molecular weight is 407 g/mol. The number of furan rings is 1. The van der Waals surface area contributed by atoms with E-state index >= 15 is 0 Å². The zero-order valence-electron chi connectivity index (χ0n) is 16.8. The Morgan fingerprint density at radius 2 is 2.00 bits per heavy atom. The number of likely N-dealkylation sites (tertiary alicyclic amines) is 1. The van der Waals surface area contributed by atoms with Crippen molar-refractivity contribution in [2.75, 3.05) is 27.2 Å². The maximum atomic E-state index is 13.2. The summed E-state index contributed by atoms with van der Waals surface area (Å²) in [5.41, 5.74) is 1.87. The molecule has 1 saturated heterocycles. The maximum Gasteiger partial charge on any atom is 0.227 e. The summed E-state index contributed by atoms with van der Waals surface area (Å²) in [6.45, 7) is 2.29. The normalized spacial score (nSPS) is 25.6. The molecule has 1 saturated carbocycles. The summed E-state index contributed by atoms with van der Waals surface area (Å²) in [5, 5.41) is 1.03. The number of carbonyl (C=O) groups is 1. The predicted octanol–water partition coefficient (Wildman–Crippen LogP) is 3.89. The van der Waals surface area contributed by atoms with Crippen molar-refractivity contribution < 1.29 is 13.9 Å². The molecular weight excluding hydrogens is 376 g/mol. The van der Waals surface area contributed by atoms with Crippen molar-refractivity contribution in [2.45, 2.75) is 56.7 Å². The summed E-state index contributed by atoms with van der Waals surface area (Å²) in [6, 6.07) is 8.40. The Hall–Kier alpha value is -1.56. The van der Waals surface area contributed by atoms with Gasteiger partial charge in [0.1, 0.15) is 5.58 Å². The molecule has 2 fully saturated rings. The molecule has 0 spiro atoms. The first-order valence-electron chi connectivity index (χ1n) is 10.2. The van der Waals surface area contributed by atoms with Crippen molar-refractivity contribution >= 4 is 29.3 Å². The van der Waals surface area contributed by atoms with Gasteiger partial charge in [-0.2, -0.15) is 0 Å². The van der Waals surface area contributed by atoms with Gasteiger partial charge in [0.25, 0.3) is 0 Å². The highest BCUT2D eigenvalue weighted by Gasteiger charge is 2.41. The number of halogens is 1. The van der Waals surface area contributed by atoms with Gasteiger partial charge in [-0.15, -0.1) is 12.4 Å². The van der Waals surface area contributed by atoms with Crippen LogP contribution in [0.15, 0.2) is 34.9 Å². The zero-order chi connectivity index (χ0) is 18.8. The lowest BCUT2D eigenvalue weighted by molar-refractivity contribution is -0.138. The van der Waals surface area contributed by atoms with Crippen molar-refractivity contribution in [3.63, 3.8) is 0 Å². The van der Waals surface area contributed by atoms with Gasteiger partial charge in [0, 0.05) is 25.6 Å². The number of hydrogen-bond donors (Lipinski definition) is 0. The molecule has 0 bridgehead atoms. The molecule has 3 atom stereocenters. The molecule has 1 amide bonds. The van der Waals surface area contributed by atoms with Gasteiger partial charge in [0.05, 0.1) is 24.8 Å². The van der Waals surface area contributed by atoms with Crippen LogP contribution in [-0.4, -0.2) is 61.1 Å². The Kier molecular flexibility index (Phi) is 7.02. The fourth-order valence-corrected chi connectivity index (χ4v) is 5.02. The molecule has 0 radical (unpaired) electrons. The Balaban J connectivity index is 0.00000225. The van der Waals surface area contributed by atoms with Gasteiger partial charge in [-0.25, -0.2) is 0 Å². The van der Waals surface area contributed by atoms with Gasteiger partial charge in [-0.1, -0.05) is 12.1 Å². The Labute approximate surface area is 173 Å². The predicted molar refractivity (Wildman–Crippen MR) is 113 cm³/mol. The summed E-state index contributed by atoms with van der Waals surface area (Å²) < 4.78 is 11.3. The summed E-state index contributed by atoms with van der Waals surface area (Å²) in [6.07, 6.45) is 8.08. The first kappa shape index (κ1) is 21.2. The van der Waals surface area contributed by atoms with Crippen LogP contribution in [0.5, 0.6) is 0 Å². The summed E-state index contributed by atoms with van der Waals surface area (Å²) >= 11 is 0. The Morgan fingerprint density at radius 1 is 1.21 bits per heavy atom. The van der Waals surface area contributed by atoms with Crippen LogP contribution in [0.25, 0.3) is 11.0 Å². The van der Waals surface area contributed by atoms with Gasteiger partial charge < -0.3 is 14.1 Å². The topological polar surface area (TPSA) is 45.9 Å². The lowest BCUT2D eigenvalue weighted by atomic mass is 9.85. The number of benzene rings is 1. The molecule has 1 aromatic carbocycles. The second-order valence-corrected chi connectivity index (χ2v) is 7.94. The van der Waals surface area contributed by atoms with Crippen LogP contribution in [-0.2, 0) is 16.0 Å². The second-order valence-electron chi connectivity index (χ2n) is 7.94. The maximum absolute atomic E-state index is 13.2. The fourth-order valence-electron chi connectivity index (χ4n) is 5.02. The first-order chi connectivity index (χ1) is 13.2. The van der Waals surface area contributed by atoms with Crippen LogP contribution in [0.3, 0.4) is 0 Å². The number of nitrogens with zero attached hydrogens (tertiary/aromatic N) is 2. The third-order valence-electron chi connectivity index (χ3n) is 6.44. The smallest absolute Gasteiger partial charge is 0.227 e. The van der Waals surface area contributed by atoms with Crippen LogP contribution in [0.4, 0.5) is 0 Å². The van der Waals surface area contributed by atoms with Gasteiger partial charge in [-0.05, 0) is 62.9 Å². The van der Waals surface area contributed by atoms with Crippen molar-refractivity contribution in [1.29, 1.82) is 0 Å². The minimum Gasteiger partial charge on any atom is -0.464 e. The van der Waals surface area contributed by atoms with Crippen molar-refractivity contribution in [2.24, 2.45) is 0 Å². The number of carbonyl (C=O) groups excluding carboxylic acids is 1. The van der Waals surface area contributed by atoms with E-state index in [-0.39, 0.29) is 30.5 Å². The van der Waals surface area contributed by atoms with Crippen LogP contribution in [0, 0.1) is 0 Å². The van der Waals surface area contributed by atoms with E-state index in [2.05, 4.69) is 4.90 Å². The molecule has 2 aromatic rings. The highest BCUT2D eigenvalue weighted by molar-refractivity contribution is 5.87. The SMILES string of the molecule is COC1CCCC(N2CCCC2)C1N(C)C(=O)Cc1cccc2occc12.Cl. The van der Waals surface area contributed by atoms with E-state index in [4.69, 9.17) is 9.15 Å². The summed E-state index contributed by atoms with van der Waals surface area (Å²) in [5.74, 6) is 0.154. The van der Waals surface area contributed by atoms with E-state index in [1.165, 1.54) is 19.3 Å². The van der Waals surface area contributed by atoms with E-state index in [0.717, 1.165) is 42.5 Å². The highest BCUT2D eigenvalue weighted by atomic mass is 35.5. The van der Waals surface area contributed by atoms with Gasteiger partial charge in [0.2, 0.25) is 5.91 Å². The Morgan fingerprint density at radius 3 is 2.75 bits per heavy atom. The fraction of sp³-hybridized carbons (Fsp3) is 0.591. The largest absolute Gasteiger partial charge is 0.464 e. The molecule has 1 aliphatic heterocycles. The lowest BCUT2D eigenvalue weighted by Crippen LogP contribution is -2.59. The van der Waals surface area contributed by atoms with Crippen molar-refractivity contribution in [3.05, 3.63) is 36.1 Å². The van der Waals surface area contributed by atoms with Gasteiger partial charge in [0.15, 0.2) is 0 Å². The Bertz CT molecular complexity index is 787. The van der Waals surface area contributed by atoms with E-state index in [9.17, 15) is 4.79 Å². The molecule has 154 valence electrons. The summed E-state index contributed by atoms with van der Waals surface area (Å²) in [4.78, 5) is 17.8. The zero-order valence-corrected chi connectivity index (χ0v) is 17.6. The molecule has 2 aliphatic rings. The summed E-state index contributed by atoms with van der Waals surface area (Å²) in [7, 11) is 3.75. The average Bonchev–Trinajstić information content (AvgIpc) is 3.38. The molecule has 1 aliphatic carbocycles. The van der Waals surface area contributed by atoms with Crippen molar-refractivity contribution in [3.8, 4) is 0 Å². The lowest BCUT2D eigenvalue weighted by Gasteiger charge is -2.46. The molecule has 6 heteroatoms. The van der Waals surface area contributed by atoms with Crippen molar-refractivity contribution in [1.82, 2.24) is 9.80 Å². The molecule has 1 aromatic heterocycles. The number of methoxy groups -OCH3 is 1. The van der Waals surface area contributed by atoms with Crippen LogP contribution in [0.2, 0.25) is 0 Å². The van der Waals surface area contributed by atoms with E-state index in [1.54, 1.807) is 13.4 Å². The van der Waals surface area contributed by atoms with E-state index in [1.807, 2.05) is 36.2 Å². The van der Waals surface area contributed by atoms with E-state index < -0.39 is 0 Å². The number of fused-ring (bicyclic) bond motifs is 1. The highest BCUT2D eigenvalue weighted by Crippen LogP contribution is 2.31. The molecule has 4 rings (SSSR count). The molecule has 3 unspecified atom stereocenters. The molecule has 5 nitrogen and oxygen atoms in total. The molecule has 28 heavy (non-hydrogen) atoms. The molecule has 0 N–H and O–H groups in total. The minimum atomic E-state index is 0. The van der Waals surface area contributed by atoms with Crippen LogP contribution >= 0.6 is 12.4 Å². The monoisotopic (exact) mass is 406 g/mol. The number of rotatable bonds is 5. The molecular formula is C22H31ClN2O3. The van der Waals surface area contributed by atoms with Crippen LogP contribution < -0.4 is 0 Å². The standard InChI is InChI=1S/C22H30N2O3.ClH/c1-23(21(25)15-16-7-5-9-19-17(16)11-14-27-19)22-18(24-12-3-4-13-24)8-6-10-20(22)26-2;/h5,7,9,11,14,18,20,22H,3-4,6,8,10,12-13,15H2,1-2H3;1H. The van der Waals surface area contributed by atoms with Crippen LogP contribution in [0.1, 0.15) is 37.7 Å².